The number of anilines is 1. The molecule has 29 heavy (non-hydrogen) atoms. The van der Waals surface area contributed by atoms with E-state index >= 15 is 0 Å². The normalized spacial score (nSPS) is 16.6. The number of benzene rings is 2. The predicted molar refractivity (Wildman–Crippen MR) is 118 cm³/mol. The summed E-state index contributed by atoms with van der Waals surface area (Å²) in [4.78, 5) is 31.1. The molecule has 1 aliphatic rings. The summed E-state index contributed by atoms with van der Waals surface area (Å²) in [6.07, 6.45) is 2.04. The van der Waals surface area contributed by atoms with E-state index in [1.165, 1.54) is 16.6 Å². The van der Waals surface area contributed by atoms with E-state index in [1.54, 1.807) is 35.6 Å². The van der Waals surface area contributed by atoms with Gasteiger partial charge in [0, 0.05) is 17.2 Å². The van der Waals surface area contributed by atoms with E-state index < -0.39 is 0 Å². The van der Waals surface area contributed by atoms with Gasteiger partial charge in [-0.15, -0.1) is 11.3 Å². The molecule has 5 nitrogen and oxygen atoms in total. The van der Waals surface area contributed by atoms with Gasteiger partial charge in [0.25, 0.3) is 0 Å². The standard InChI is InChI=1S/C23H25N3O2S/c1-15(22(28)24-19-9-7-17(8-10-19)16(2)27)26-13-11-18(12-14-26)23-25-20-5-3-4-6-21(20)29-23/h3-10,15,18H,11-14H2,1-2H3,(H,24,28). The summed E-state index contributed by atoms with van der Waals surface area (Å²) in [5, 5.41) is 4.18. The van der Waals surface area contributed by atoms with Gasteiger partial charge in [-0.3, -0.25) is 14.5 Å². The minimum absolute atomic E-state index is 0.0148. The average molecular weight is 408 g/mol. The van der Waals surface area contributed by atoms with Gasteiger partial charge in [-0.1, -0.05) is 12.1 Å². The van der Waals surface area contributed by atoms with Gasteiger partial charge < -0.3 is 5.32 Å². The first-order valence-corrected chi connectivity index (χ1v) is 10.8. The van der Waals surface area contributed by atoms with E-state index in [9.17, 15) is 9.59 Å². The third-order valence-corrected chi connectivity index (χ3v) is 6.87. The monoisotopic (exact) mass is 407 g/mol. The van der Waals surface area contributed by atoms with Crippen molar-refractivity contribution in [3.8, 4) is 0 Å². The van der Waals surface area contributed by atoms with Crippen LogP contribution >= 0.6 is 11.3 Å². The highest BCUT2D eigenvalue weighted by Gasteiger charge is 2.28. The summed E-state index contributed by atoms with van der Waals surface area (Å²) in [6, 6.07) is 15.1. The van der Waals surface area contributed by atoms with Crippen molar-refractivity contribution in [3.63, 3.8) is 0 Å². The molecule has 1 aliphatic heterocycles. The molecule has 1 fully saturated rings. The number of carbonyl (C=O) groups excluding carboxylic acids is 2. The maximum atomic E-state index is 12.7. The molecule has 3 aromatic rings. The third-order valence-electron chi connectivity index (χ3n) is 5.68. The van der Waals surface area contributed by atoms with Crippen LogP contribution in [0.3, 0.4) is 0 Å². The molecular weight excluding hydrogens is 382 g/mol. The lowest BCUT2D eigenvalue weighted by atomic mass is 9.96. The zero-order valence-corrected chi connectivity index (χ0v) is 17.5. The smallest absolute Gasteiger partial charge is 0.241 e. The lowest BCUT2D eigenvalue weighted by molar-refractivity contribution is -0.121. The molecule has 1 saturated heterocycles. The van der Waals surface area contributed by atoms with Crippen LogP contribution in [-0.4, -0.2) is 40.7 Å². The molecule has 6 heteroatoms. The number of nitrogens with one attached hydrogen (secondary N) is 1. The number of aromatic nitrogens is 1. The molecule has 0 radical (unpaired) electrons. The lowest BCUT2D eigenvalue weighted by Gasteiger charge is -2.34. The Labute approximate surface area is 174 Å². The van der Waals surface area contributed by atoms with Crippen LogP contribution in [0.4, 0.5) is 5.69 Å². The van der Waals surface area contributed by atoms with Crippen LogP contribution in [0, 0.1) is 0 Å². The zero-order valence-electron chi connectivity index (χ0n) is 16.7. The highest BCUT2D eigenvalue weighted by molar-refractivity contribution is 7.18. The quantitative estimate of drug-likeness (QED) is 0.623. The van der Waals surface area contributed by atoms with Crippen molar-refractivity contribution in [1.29, 1.82) is 0 Å². The van der Waals surface area contributed by atoms with E-state index in [0.29, 0.717) is 11.5 Å². The second-order valence-electron chi connectivity index (χ2n) is 7.63. The summed E-state index contributed by atoms with van der Waals surface area (Å²) in [7, 11) is 0. The minimum atomic E-state index is -0.196. The number of carbonyl (C=O) groups is 2. The van der Waals surface area contributed by atoms with Gasteiger partial charge in [-0.05, 0) is 76.2 Å². The van der Waals surface area contributed by atoms with E-state index in [0.717, 1.165) is 37.1 Å². The molecule has 1 unspecified atom stereocenters. The van der Waals surface area contributed by atoms with Crippen LogP contribution in [0.2, 0.25) is 0 Å². The molecule has 1 N–H and O–H groups in total. The lowest BCUT2D eigenvalue weighted by Crippen LogP contribution is -2.45. The van der Waals surface area contributed by atoms with Crippen molar-refractivity contribution < 1.29 is 9.59 Å². The van der Waals surface area contributed by atoms with Gasteiger partial charge in [0.2, 0.25) is 5.91 Å². The van der Waals surface area contributed by atoms with Gasteiger partial charge in [0.1, 0.15) is 0 Å². The van der Waals surface area contributed by atoms with Crippen LogP contribution in [0.25, 0.3) is 10.2 Å². The summed E-state index contributed by atoms with van der Waals surface area (Å²) in [6.45, 7) is 5.27. The number of hydrogen-bond acceptors (Lipinski definition) is 5. The van der Waals surface area contributed by atoms with Gasteiger partial charge in [0.05, 0.1) is 21.3 Å². The Morgan fingerprint density at radius 1 is 1.10 bits per heavy atom. The number of ketones is 1. The van der Waals surface area contributed by atoms with Gasteiger partial charge >= 0.3 is 0 Å². The summed E-state index contributed by atoms with van der Waals surface area (Å²) >= 11 is 1.79. The maximum absolute atomic E-state index is 12.7. The Kier molecular flexibility index (Phi) is 5.74. The number of amides is 1. The topological polar surface area (TPSA) is 62.3 Å². The van der Waals surface area contributed by atoms with E-state index in [4.69, 9.17) is 4.98 Å². The SMILES string of the molecule is CC(=O)c1ccc(NC(=O)C(C)N2CCC(c3nc4ccccc4s3)CC2)cc1. The zero-order chi connectivity index (χ0) is 20.4. The van der Waals surface area contributed by atoms with Crippen molar-refractivity contribution in [1.82, 2.24) is 9.88 Å². The van der Waals surface area contributed by atoms with Gasteiger partial charge in [-0.2, -0.15) is 0 Å². The van der Waals surface area contributed by atoms with Crippen LogP contribution in [0.5, 0.6) is 0 Å². The Balaban J connectivity index is 1.33. The molecular formula is C23H25N3O2S. The predicted octanol–water partition coefficient (Wildman–Crippen LogP) is 4.71. The number of rotatable bonds is 5. The molecule has 1 atom stereocenters. The molecule has 150 valence electrons. The minimum Gasteiger partial charge on any atom is -0.325 e. The average Bonchev–Trinajstić information content (AvgIpc) is 3.18. The van der Waals surface area contributed by atoms with Gasteiger partial charge in [0.15, 0.2) is 5.78 Å². The fraction of sp³-hybridized carbons (Fsp3) is 0.348. The fourth-order valence-corrected chi connectivity index (χ4v) is 4.94. The van der Waals surface area contributed by atoms with E-state index in [-0.39, 0.29) is 17.7 Å². The first-order valence-electron chi connectivity index (χ1n) is 10.0. The fourth-order valence-electron chi connectivity index (χ4n) is 3.80. The third kappa shape index (κ3) is 4.38. The van der Waals surface area contributed by atoms with Crippen molar-refractivity contribution in [2.75, 3.05) is 18.4 Å². The molecule has 0 bridgehead atoms. The molecule has 0 saturated carbocycles. The van der Waals surface area contributed by atoms with E-state index in [1.807, 2.05) is 13.0 Å². The van der Waals surface area contributed by atoms with Crippen LogP contribution < -0.4 is 5.32 Å². The maximum Gasteiger partial charge on any atom is 0.241 e. The number of fused-ring (bicyclic) bond motifs is 1. The van der Waals surface area contributed by atoms with Crippen molar-refractivity contribution in [2.24, 2.45) is 0 Å². The largest absolute Gasteiger partial charge is 0.325 e. The van der Waals surface area contributed by atoms with Crippen molar-refractivity contribution in [2.45, 2.75) is 38.6 Å². The number of para-hydroxylation sites is 1. The molecule has 0 spiro atoms. The Hall–Kier alpha value is -2.57. The molecule has 1 aromatic heterocycles. The van der Waals surface area contributed by atoms with Crippen LogP contribution in [-0.2, 0) is 4.79 Å². The highest BCUT2D eigenvalue weighted by Crippen LogP contribution is 2.34. The van der Waals surface area contributed by atoms with Crippen LogP contribution in [0.1, 0.15) is 48.0 Å². The molecule has 1 amide bonds. The molecule has 0 aliphatic carbocycles. The summed E-state index contributed by atoms with van der Waals surface area (Å²) in [5.74, 6) is 0.476. The van der Waals surface area contributed by atoms with Crippen molar-refractivity contribution >= 4 is 38.9 Å². The summed E-state index contributed by atoms with van der Waals surface area (Å²) < 4.78 is 1.24. The number of hydrogen-bond donors (Lipinski definition) is 1. The number of piperidine rings is 1. The first-order chi connectivity index (χ1) is 14.0. The Morgan fingerprint density at radius 2 is 1.79 bits per heavy atom. The summed E-state index contributed by atoms with van der Waals surface area (Å²) in [5.41, 5.74) is 2.45. The molecule has 2 heterocycles. The number of nitrogens with zero attached hydrogens (tertiary/aromatic N) is 2. The Morgan fingerprint density at radius 3 is 2.45 bits per heavy atom. The second kappa shape index (κ2) is 8.43. The molecule has 2 aromatic carbocycles. The molecule has 4 rings (SSSR count). The number of Topliss-reactive ketones (excluding diaryl/α,β-unsaturated/α-hetero) is 1. The first kappa shape index (κ1) is 19.7. The second-order valence-corrected chi connectivity index (χ2v) is 8.69. The van der Waals surface area contributed by atoms with Crippen molar-refractivity contribution in [3.05, 3.63) is 59.1 Å². The van der Waals surface area contributed by atoms with Gasteiger partial charge in [-0.25, -0.2) is 4.98 Å². The Bertz CT molecular complexity index is 987. The van der Waals surface area contributed by atoms with E-state index in [2.05, 4.69) is 28.4 Å². The number of thiazole rings is 1. The van der Waals surface area contributed by atoms with Crippen LogP contribution in [0.15, 0.2) is 48.5 Å². The highest BCUT2D eigenvalue weighted by atomic mass is 32.1. The number of likely N-dealkylation sites (tertiary alicyclic amines) is 1.